The number of carboxylic acid groups (broad SMARTS) is 1. The van der Waals surface area contributed by atoms with Gasteiger partial charge in [-0.15, -0.1) is 0 Å². The fraction of sp³-hybridized carbons (Fsp3) is 0.250. The van der Waals surface area contributed by atoms with E-state index in [-0.39, 0.29) is 10.9 Å². The second-order valence-corrected chi connectivity index (χ2v) is 8.77. The maximum absolute atomic E-state index is 12.6. The number of hydrogen-bond acceptors (Lipinski definition) is 3. The van der Waals surface area contributed by atoms with E-state index in [2.05, 4.69) is 4.72 Å². The van der Waals surface area contributed by atoms with Crippen molar-refractivity contribution >= 4 is 33.7 Å². The first-order chi connectivity index (χ1) is 12.8. The Bertz CT molecular complexity index is 997. The van der Waals surface area contributed by atoms with Crippen molar-refractivity contribution in [3.05, 3.63) is 69.8 Å². The van der Waals surface area contributed by atoms with Crippen molar-refractivity contribution in [1.82, 2.24) is 4.72 Å². The van der Waals surface area contributed by atoms with E-state index < -0.39 is 16.0 Å². The highest BCUT2D eigenvalue weighted by atomic mass is 35.5. The number of aryl methyl sites for hydroxylation is 1. The zero-order valence-corrected chi connectivity index (χ0v) is 16.3. The number of aliphatic carboxylic acids is 1. The molecule has 0 saturated heterocycles. The minimum atomic E-state index is -3.62. The molecular weight excluding hydrogens is 386 g/mol. The summed E-state index contributed by atoms with van der Waals surface area (Å²) in [5.41, 5.74) is 4.05. The molecule has 0 heterocycles. The first-order valence-corrected chi connectivity index (χ1v) is 10.4. The topological polar surface area (TPSA) is 83.5 Å². The average Bonchev–Trinajstić information content (AvgIpc) is 2.61. The Labute approximate surface area is 163 Å². The fourth-order valence-electron chi connectivity index (χ4n) is 3.39. The lowest BCUT2D eigenvalue weighted by atomic mass is 9.84. The molecule has 5 nitrogen and oxygen atoms in total. The molecule has 0 saturated carbocycles. The summed E-state index contributed by atoms with van der Waals surface area (Å²) < 4.78 is 28.0. The Balaban J connectivity index is 1.81. The molecule has 3 rings (SSSR count). The van der Waals surface area contributed by atoms with Crippen LogP contribution in [0.1, 0.15) is 28.7 Å². The molecule has 1 atom stereocenters. The number of sulfonamides is 1. The predicted octanol–water partition coefficient (Wildman–Crippen LogP) is 3.58. The maximum atomic E-state index is 12.6. The quantitative estimate of drug-likeness (QED) is 0.744. The van der Waals surface area contributed by atoms with Crippen molar-refractivity contribution in [1.29, 1.82) is 0 Å². The highest BCUT2D eigenvalue weighted by molar-refractivity contribution is 7.89. The maximum Gasteiger partial charge on any atom is 0.328 e. The Morgan fingerprint density at radius 1 is 1.22 bits per heavy atom. The van der Waals surface area contributed by atoms with E-state index in [0.29, 0.717) is 24.3 Å². The van der Waals surface area contributed by atoms with E-state index in [0.717, 1.165) is 28.3 Å². The van der Waals surface area contributed by atoms with Gasteiger partial charge in [-0.2, -0.15) is 0 Å². The number of carbonyl (C=O) groups is 1. The van der Waals surface area contributed by atoms with Crippen molar-refractivity contribution in [2.45, 2.75) is 37.1 Å². The van der Waals surface area contributed by atoms with Crippen LogP contribution in [0.4, 0.5) is 0 Å². The molecule has 27 heavy (non-hydrogen) atoms. The van der Waals surface area contributed by atoms with Crippen LogP contribution in [0.3, 0.4) is 0 Å². The van der Waals surface area contributed by atoms with E-state index in [1.807, 2.05) is 19.1 Å². The van der Waals surface area contributed by atoms with E-state index in [1.54, 1.807) is 18.2 Å². The molecule has 1 aliphatic rings. The van der Waals surface area contributed by atoms with Crippen LogP contribution >= 0.6 is 11.6 Å². The first kappa shape index (κ1) is 19.6. The molecule has 0 aromatic heterocycles. The van der Waals surface area contributed by atoms with Gasteiger partial charge in [0, 0.05) is 17.1 Å². The SMILES string of the molecule is Cc1ccc2c(c1/C=C/C(=O)O)CCC(NS(=O)(=O)c1ccc(Cl)cc1)C2. The third kappa shape index (κ3) is 4.58. The lowest BCUT2D eigenvalue weighted by Gasteiger charge is -2.27. The average molecular weight is 406 g/mol. The van der Waals surface area contributed by atoms with Gasteiger partial charge in [-0.1, -0.05) is 23.7 Å². The lowest BCUT2D eigenvalue weighted by Crippen LogP contribution is -2.39. The molecule has 2 N–H and O–H groups in total. The molecule has 142 valence electrons. The van der Waals surface area contributed by atoms with Gasteiger partial charge < -0.3 is 5.11 Å². The van der Waals surface area contributed by atoms with Crippen LogP contribution in [-0.2, 0) is 27.7 Å². The summed E-state index contributed by atoms with van der Waals surface area (Å²) in [7, 11) is -3.62. The summed E-state index contributed by atoms with van der Waals surface area (Å²) in [5.74, 6) is -0.989. The lowest BCUT2D eigenvalue weighted by molar-refractivity contribution is -0.131. The van der Waals surface area contributed by atoms with Crippen LogP contribution in [0.25, 0.3) is 6.08 Å². The molecule has 1 aliphatic carbocycles. The smallest absolute Gasteiger partial charge is 0.328 e. The molecule has 0 fully saturated rings. The number of rotatable bonds is 5. The number of halogens is 1. The summed E-state index contributed by atoms with van der Waals surface area (Å²) in [6, 6.07) is 9.80. The second kappa shape index (κ2) is 7.84. The molecule has 0 amide bonds. The molecule has 0 spiro atoms. The Morgan fingerprint density at radius 2 is 1.93 bits per heavy atom. The van der Waals surface area contributed by atoms with Gasteiger partial charge in [0.25, 0.3) is 0 Å². The van der Waals surface area contributed by atoms with E-state index in [4.69, 9.17) is 16.7 Å². The summed E-state index contributed by atoms with van der Waals surface area (Å²) in [5, 5.41) is 9.38. The van der Waals surface area contributed by atoms with Crippen molar-refractivity contribution < 1.29 is 18.3 Å². The third-order valence-electron chi connectivity index (χ3n) is 4.72. The summed E-state index contributed by atoms with van der Waals surface area (Å²) in [4.78, 5) is 11.0. The zero-order valence-electron chi connectivity index (χ0n) is 14.8. The van der Waals surface area contributed by atoms with E-state index in [1.165, 1.54) is 12.1 Å². The van der Waals surface area contributed by atoms with Crippen LogP contribution in [0.5, 0.6) is 0 Å². The predicted molar refractivity (Wildman–Crippen MR) is 105 cm³/mol. The standard InChI is InChI=1S/C20H20ClNO4S/c1-13-2-3-14-12-16(6-9-19(14)18(13)10-11-20(23)24)22-27(25,26)17-7-4-15(21)5-8-17/h2-5,7-8,10-11,16,22H,6,9,12H2,1H3,(H,23,24)/b11-10+. The van der Waals surface area contributed by atoms with Gasteiger partial charge in [0.15, 0.2) is 0 Å². The molecular formula is C20H20ClNO4S. The van der Waals surface area contributed by atoms with Gasteiger partial charge in [0.05, 0.1) is 4.90 Å². The molecule has 7 heteroatoms. The molecule has 0 aliphatic heterocycles. The largest absolute Gasteiger partial charge is 0.478 e. The minimum absolute atomic E-state index is 0.187. The normalized spacial score (nSPS) is 17.0. The molecule has 0 bridgehead atoms. The van der Waals surface area contributed by atoms with Crippen molar-refractivity contribution in [3.8, 4) is 0 Å². The number of hydrogen-bond donors (Lipinski definition) is 2. The van der Waals surface area contributed by atoms with Gasteiger partial charge >= 0.3 is 5.97 Å². The summed E-state index contributed by atoms with van der Waals surface area (Å²) >= 11 is 5.83. The summed E-state index contributed by atoms with van der Waals surface area (Å²) in [6.45, 7) is 1.94. The van der Waals surface area contributed by atoms with Crippen LogP contribution in [0.15, 0.2) is 47.4 Å². The number of carboxylic acids is 1. The Hall–Kier alpha value is -2.15. The Morgan fingerprint density at radius 3 is 2.59 bits per heavy atom. The van der Waals surface area contributed by atoms with Gasteiger partial charge in [-0.3, -0.25) is 0 Å². The minimum Gasteiger partial charge on any atom is -0.478 e. The monoisotopic (exact) mass is 405 g/mol. The third-order valence-corrected chi connectivity index (χ3v) is 6.51. The molecule has 1 unspecified atom stereocenters. The highest BCUT2D eigenvalue weighted by Crippen LogP contribution is 2.29. The van der Waals surface area contributed by atoms with E-state index >= 15 is 0 Å². The number of benzene rings is 2. The van der Waals surface area contributed by atoms with Crippen LogP contribution < -0.4 is 4.72 Å². The summed E-state index contributed by atoms with van der Waals surface area (Å²) in [6.07, 6.45) is 4.66. The molecule has 0 radical (unpaired) electrons. The van der Waals surface area contributed by atoms with Gasteiger partial charge in [-0.05, 0) is 78.8 Å². The number of fused-ring (bicyclic) bond motifs is 1. The zero-order chi connectivity index (χ0) is 19.6. The Kier molecular flexibility index (Phi) is 5.69. The van der Waals surface area contributed by atoms with Crippen molar-refractivity contribution in [2.24, 2.45) is 0 Å². The fourth-order valence-corrected chi connectivity index (χ4v) is 4.78. The highest BCUT2D eigenvalue weighted by Gasteiger charge is 2.25. The van der Waals surface area contributed by atoms with Gasteiger partial charge in [-0.25, -0.2) is 17.9 Å². The van der Waals surface area contributed by atoms with Crippen molar-refractivity contribution in [3.63, 3.8) is 0 Å². The van der Waals surface area contributed by atoms with Gasteiger partial charge in [0.2, 0.25) is 10.0 Å². The van der Waals surface area contributed by atoms with Crippen LogP contribution in [-0.4, -0.2) is 25.5 Å². The van der Waals surface area contributed by atoms with Crippen molar-refractivity contribution in [2.75, 3.05) is 0 Å². The second-order valence-electron chi connectivity index (χ2n) is 6.62. The van der Waals surface area contributed by atoms with Gasteiger partial charge in [0.1, 0.15) is 0 Å². The van der Waals surface area contributed by atoms with E-state index in [9.17, 15) is 13.2 Å². The molecule has 2 aromatic carbocycles. The number of nitrogens with one attached hydrogen (secondary N) is 1. The van der Waals surface area contributed by atoms with Crippen LogP contribution in [0.2, 0.25) is 5.02 Å². The first-order valence-electron chi connectivity index (χ1n) is 8.56. The van der Waals surface area contributed by atoms with Crippen LogP contribution in [0, 0.1) is 6.92 Å². The molecule has 2 aromatic rings.